The zero-order chi connectivity index (χ0) is 19.4. The van der Waals surface area contributed by atoms with E-state index in [1.54, 1.807) is 42.2 Å². The minimum Gasteiger partial charge on any atom is -0.497 e. The first kappa shape index (κ1) is 18.8. The number of hydrogen-bond donors (Lipinski definition) is 0. The van der Waals surface area contributed by atoms with E-state index in [9.17, 15) is 9.59 Å². The molecule has 0 bridgehead atoms. The van der Waals surface area contributed by atoms with Crippen LogP contribution < -0.4 is 14.4 Å². The second kappa shape index (κ2) is 8.12. The van der Waals surface area contributed by atoms with Crippen molar-refractivity contribution >= 4 is 17.5 Å². The van der Waals surface area contributed by atoms with Gasteiger partial charge in [-0.25, -0.2) is 0 Å². The highest BCUT2D eigenvalue weighted by atomic mass is 16.5. The first-order valence-electron chi connectivity index (χ1n) is 8.91. The molecule has 142 valence electrons. The van der Waals surface area contributed by atoms with Gasteiger partial charge in [-0.15, -0.1) is 0 Å². The summed E-state index contributed by atoms with van der Waals surface area (Å²) in [5, 5.41) is 0. The maximum absolute atomic E-state index is 13.3. The number of amides is 2. The van der Waals surface area contributed by atoms with Crippen molar-refractivity contribution in [3.63, 3.8) is 0 Å². The van der Waals surface area contributed by atoms with E-state index in [0.29, 0.717) is 30.0 Å². The molecule has 0 atom stereocenters. The van der Waals surface area contributed by atoms with Crippen LogP contribution in [0.2, 0.25) is 0 Å². The third kappa shape index (κ3) is 4.22. The lowest BCUT2D eigenvalue weighted by molar-refractivity contribution is -0.127. The molecule has 0 spiro atoms. The van der Waals surface area contributed by atoms with Gasteiger partial charge in [0.1, 0.15) is 18.2 Å². The number of rotatable bonds is 6. The van der Waals surface area contributed by atoms with Gasteiger partial charge in [-0.3, -0.25) is 14.5 Å². The van der Waals surface area contributed by atoms with Gasteiger partial charge >= 0.3 is 0 Å². The third-order valence-corrected chi connectivity index (χ3v) is 4.67. The van der Waals surface area contributed by atoms with Gasteiger partial charge < -0.3 is 14.4 Å². The maximum atomic E-state index is 13.3. The standard InChI is InChI=1S/C21H24N2O4/c1-15-6-8-17(9-7-15)23(14-22-10-4-5-20(22)24)21(25)16-11-18(26-2)13-19(12-16)27-3/h6-9,11-13H,4-5,10,14H2,1-3H3. The van der Waals surface area contributed by atoms with Crippen LogP contribution in [0.3, 0.4) is 0 Å². The van der Waals surface area contributed by atoms with Crippen LogP contribution in [0, 0.1) is 6.92 Å². The molecule has 1 aliphatic heterocycles. The van der Waals surface area contributed by atoms with Crippen LogP contribution >= 0.6 is 0 Å². The van der Waals surface area contributed by atoms with E-state index < -0.39 is 0 Å². The van der Waals surface area contributed by atoms with E-state index in [1.807, 2.05) is 31.2 Å². The van der Waals surface area contributed by atoms with Gasteiger partial charge in [0, 0.05) is 30.3 Å². The van der Waals surface area contributed by atoms with Gasteiger partial charge in [0.2, 0.25) is 5.91 Å². The number of methoxy groups -OCH3 is 2. The Morgan fingerprint density at radius 1 is 1.07 bits per heavy atom. The van der Waals surface area contributed by atoms with E-state index in [0.717, 1.165) is 17.7 Å². The summed E-state index contributed by atoms with van der Waals surface area (Å²) in [6.07, 6.45) is 1.35. The largest absolute Gasteiger partial charge is 0.497 e. The summed E-state index contributed by atoms with van der Waals surface area (Å²) in [4.78, 5) is 28.8. The molecule has 0 N–H and O–H groups in total. The maximum Gasteiger partial charge on any atom is 0.260 e. The molecule has 6 nitrogen and oxygen atoms in total. The number of likely N-dealkylation sites (tertiary alicyclic amines) is 1. The van der Waals surface area contributed by atoms with Crippen LogP contribution in [0.1, 0.15) is 28.8 Å². The first-order valence-corrected chi connectivity index (χ1v) is 8.91. The molecule has 0 radical (unpaired) electrons. The quantitative estimate of drug-likeness (QED) is 0.785. The Bertz CT molecular complexity index is 810. The molecule has 0 aromatic heterocycles. The van der Waals surface area contributed by atoms with Crippen molar-refractivity contribution in [2.75, 3.05) is 32.3 Å². The van der Waals surface area contributed by atoms with Crippen LogP contribution in [-0.4, -0.2) is 44.1 Å². The lowest BCUT2D eigenvalue weighted by Gasteiger charge is -2.28. The predicted molar refractivity (Wildman–Crippen MR) is 103 cm³/mol. The van der Waals surface area contributed by atoms with Gasteiger partial charge in [0.25, 0.3) is 5.91 Å². The summed E-state index contributed by atoms with van der Waals surface area (Å²) < 4.78 is 10.6. The molecule has 1 fully saturated rings. The fourth-order valence-electron chi connectivity index (χ4n) is 3.10. The van der Waals surface area contributed by atoms with Gasteiger partial charge in [-0.2, -0.15) is 0 Å². The smallest absolute Gasteiger partial charge is 0.260 e. The Morgan fingerprint density at radius 3 is 2.22 bits per heavy atom. The van der Waals surface area contributed by atoms with Crippen LogP contribution in [0.15, 0.2) is 42.5 Å². The Balaban J connectivity index is 1.97. The highest BCUT2D eigenvalue weighted by molar-refractivity contribution is 6.06. The SMILES string of the molecule is COc1cc(OC)cc(C(=O)N(CN2CCCC2=O)c2ccc(C)cc2)c1. The van der Waals surface area contributed by atoms with Crippen molar-refractivity contribution in [2.24, 2.45) is 0 Å². The molecule has 0 saturated carbocycles. The van der Waals surface area contributed by atoms with E-state index in [-0.39, 0.29) is 18.5 Å². The average molecular weight is 368 g/mol. The lowest BCUT2D eigenvalue weighted by Crippen LogP contribution is -2.42. The number of ether oxygens (including phenoxy) is 2. The summed E-state index contributed by atoms with van der Waals surface area (Å²) in [5.74, 6) is 0.941. The van der Waals surface area contributed by atoms with Crippen LogP contribution in [-0.2, 0) is 4.79 Å². The van der Waals surface area contributed by atoms with E-state index in [2.05, 4.69) is 0 Å². The summed E-state index contributed by atoms with van der Waals surface area (Å²) >= 11 is 0. The molecular weight excluding hydrogens is 344 g/mol. The normalized spacial score (nSPS) is 13.6. The number of aryl methyl sites for hydroxylation is 1. The summed E-state index contributed by atoms with van der Waals surface area (Å²) in [6.45, 7) is 2.88. The predicted octanol–water partition coefficient (Wildman–Crippen LogP) is 3.24. The average Bonchev–Trinajstić information content (AvgIpc) is 3.10. The van der Waals surface area contributed by atoms with Crippen molar-refractivity contribution in [3.8, 4) is 11.5 Å². The van der Waals surface area contributed by atoms with Crippen molar-refractivity contribution in [2.45, 2.75) is 19.8 Å². The second-order valence-corrected chi connectivity index (χ2v) is 6.57. The lowest BCUT2D eigenvalue weighted by atomic mass is 10.1. The molecule has 27 heavy (non-hydrogen) atoms. The summed E-state index contributed by atoms with van der Waals surface area (Å²) in [6, 6.07) is 12.8. The van der Waals surface area contributed by atoms with Crippen molar-refractivity contribution in [1.82, 2.24) is 4.90 Å². The molecular formula is C21H24N2O4. The number of anilines is 1. The van der Waals surface area contributed by atoms with Gasteiger partial charge in [-0.05, 0) is 37.6 Å². The Hall–Kier alpha value is -3.02. The number of carbonyl (C=O) groups excluding carboxylic acids is 2. The van der Waals surface area contributed by atoms with Crippen molar-refractivity contribution < 1.29 is 19.1 Å². The molecule has 2 aromatic carbocycles. The highest BCUT2D eigenvalue weighted by Crippen LogP contribution is 2.26. The summed E-state index contributed by atoms with van der Waals surface area (Å²) in [7, 11) is 3.09. The molecule has 6 heteroatoms. The zero-order valence-electron chi connectivity index (χ0n) is 15.9. The topological polar surface area (TPSA) is 59.1 Å². The molecule has 1 aliphatic rings. The fraction of sp³-hybridized carbons (Fsp3) is 0.333. The molecule has 2 aromatic rings. The Morgan fingerprint density at radius 2 is 1.70 bits per heavy atom. The monoisotopic (exact) mass is 368 g/mol. The molecule has 0 unspecified atom stereocenters. The molecule has 0 aliphatic carbocycles. The first-order chi connectivity index (χ1) is 13.0. The van der Waals surface area contributed by atoms with Crippen molar-refractivity contribution in [3.05, 3.63) is 53.6 Å². The molecule has 1 heterocycles. The molecule has 2 amide bonds. The third-order valence-electron chi connectivity index (χ3n) is 4.67. The van der Waals surface area contributed by atoms with Crippen LogP contribution in [0.5, 0.6) is 11.5 Å². The number of nitrogens with zero attached hydrogens (tertiary/aromatic N) is 2. The van der Waals surface area contributed by atoms with E-state index in [4.69, 9.17) is 9.47 Å². The Kier molecular flexibility index (Phi) is 5.64. The number of hydrogen-bond acceptors (Lipinski definition) is 4. The number of carbonyl (C=O) groups is 2. The van der Waals surface area contributed by atoms with Gasteiger partial charge in [0.15, 0.2) is 0 Å². The molecule has 1 saturated heterocycles. The van der Waals surface area contributed by atoms with Crippen LogP contribution in [0.25, 0.3) is 0 Å². The van der Waals surface area contributed by atoms with Crippen molar-refractivity contribution in [1.29, 1.82) is 0 Å². The van der Waals surface area contributed by atoms with Crippen LogP contribution in [0.4, 0.5) is 5.69 Å². The second-order valence-electron chi connectivity index (χ2n) is 6.57. The Labute approximate surface area is 159 Å². The minimum atomic E-state index is -0.212. The minimum absolute atomic E-state index is 0.0723. The van der Waals surface area contributed by atoms with Gasteiger partial charge in [0.05, 0.1) is 14.2 Å². The van der Waals surface area contributed by atoms with Gasteiger partial charge in [-0.1, -0.05) is 17.7 Å². The number of benzene rings is 2. The fourth-order valence-corrected chi connectivity index (χ4v) is 3.10. The van der Waals surface area contributed by atoms with E-state index >= 15 is 0 Å². The van der Waals surface area contributed by atoms with E-state index in [1.165, 1.54) is 0 Å². The summed E-state index contributed by atoms with van der Waals surface area (Å²) in [5.41, 5.74) is 2.29. The molecule has 3 rings (SSSR count). The highest BCUT2D eigenvalue weighted by Gasteiger charge is 2.27. The zero-order valence-corrected chi connectivity index (χ0v) is 15.9.